The summed E-state index contributed by atoms with van der Waals surface area (Å²) in [6.07, 6.45) is 2.81. The van der Waals surface area contributed by atoms with Crippen LogP contribution in [0.5, 0.6) is 0 Å². The molecule has 1 fully saturated rings. The lowest BCUT2D eigenvalue weighted by molar-refractivity contribution is -0.128. The smallest absolute Gasteiger partial charge is 0.230 e. The first-order valence-electron chi connectivity index (χ1n) is 7.12. The first-order valence-corrected chi connectivity index (χ1v) is 7.12. The number of hydrogen-bond donors (Lipinski definition) is 2. The van der Waals surface area contributed by atoms with Crippen molar-refractivity contribution in [1.82, 2.24) is 15.1 Å². The molecule has 0 bridgehead atoms. The normalized spacial score (nSPS) is 18.9. The predicted molar refractivity (Wildman–Crippen MR) is 76.1 cm³/mol. The largest absolute Gasteiger partial charge is 0.342 e. The van der Waals surface area contributed by atoms with Gasteiger partial charge in [-0.05, 0) is 12.3 Å². The van der Waals surface area contributed by atoms with Gasteiger partial charge in [0.2, 0.25) is 11.8 Å². The molecule has 0 spiro atoms. The molecule has 0 saturated carbocycles. The zero-order valence-corrected chi connectivity index (χ0v) is 12.3. The number of rotatable bonds is 5. The Bertz CT molecular complexity index is 495. The van der Waals surface area contributed by atoms with E-state index in [1.807, 2.05) is 6.92 Å². The molecular formula is C14H22N4O2. The highest BCUT2D eigenvalue weighted by Crippen LogP contribution is 2.21. The van der Waals surface area contributed by atoms with Gasteiger partial charge in [0.25, 0.3) is 0 Å². The van der Waals surface area contributed by atoms with E-state index in [4.69, 9.17) is 0 Å². The number of nitrogens with zero attached hydrogens (tertiary/aromatic N) is 2. The summed E-state index contributed by atoms with van der Waals surface area (Å²) in [6.45, 7) is 7.37. The number of hydrogen-bond acceptors (Lipinski definition) is 3. The fourth-order valence-electron chi connectivity index (χ4n) is 2.48. The van der Waals surface area contributed by atoms with Crippen LogP contribution in [0.1, 0.15) is 32.8 Å². The van der Waals surface area contributed by atoms with Crippen molar-refractivity contribution in [2.45, 2.75) is 33.6 Å². The molecule has 6 nitrogen and oxygen atoms in total. The number of aryl methyl sites for hydroxylation is 1. The van der Waals surface area contributed by atoms with E-state index in [9.17, 15) is 9.59 Å². The van der Waals surface area contributed by atoms with Gasteiger partial charge in [0, 0.05) is 25.1 Å². The second-order valence-electron chi connectivity index (χ2n) is 5.71. The van der Waals surface area contributed by atoms with Crippen molar-refractivity contribution in [1.29, 1.82) is 0 Å². The highest BCUT2D eigenvalue weighted by Gasteiger charge is 2.34. The second-order valence-corrected chi connectivity index (χ2v) is 5.71. The first kappa shape index (κ1) is 14.6. The minimum absolute atomic E-state index is 0.0687. The monoisotopic (exact) mass is 278 g/mol. The Morgan fingerprint density at radius 3 is 3.00 bits per heavy atom. The molecule has 6 heteroatoms. The van der Waals surface area contributed by atoms with Crippen LogP contribution in [0.25, 0.3) is 0 Å². The van der Waals surface area contributed by atoms with Crippen molar-refractivity contribution >= 4 is 17.6 Å². The van der Waals surface area contributed by atoms with Crippen molar-refractivity contribution < 1.29 is 9.59 Å². The zero-order valence-electron chi connectivity index (χ0n) is 12.3. The van der Waals surface area contributed by atoms with Gasteiger partial charge >= 0.3 is 0 Å². The minimum Gasteiger partial charge on any atom is -0.342 e. The van der Waals surface area contributed by atoms with Crippen molar-refractivity contribution in [2.75, 3.05) is 18.4 Å². The lowest BCUT2D eigenvalue weighted by Crippen LogP contribution is -2.31. The Hall–Kier alpha value is -1.85. The Balaban J connectivity index is 1.96. The lowest BCUT2D eigenvalue weighted by Gasteiger charge is -2.18. The maximum atomic E-state index is 12.2. The summed E-state index contributed by atoms with van der Waals surface area (Å²) in [5.74, 6) is 0.754. The molecule has 1 saturated heterocycles. The summed E-state index contributed by atoms with van der Waals surface area (Å²) in [5, 5.41) is 9.55. The number of carbonyl (C=O) groups excluding carboxylic acids is 2. The lowest BCUT2D eigenvalue weighted by atomic mass is 10.1. The number of carbonyl (C=O) groups is 2. The third kappa shape index (κ3) is 3.18. The van der Waals surface area contributed by atoms with Crippen LogP contribution >= 0.6 is 0 Å². The standard InChI is InChI=1S/C14H22N4O2/c1-4-10-6-15-17-13(10)16-14(20)11-5-12(19)18(8-11)7-9(2)3/h6,9,11H,4-5,7-8H2,1-3H3,(H2,15,16,17,20). The van der Waals surface area contributed by atoms with Gasteiger partial charge in [0.1, 0.15) is 5.82 Å². The number of aromatic nitrogens is 2. The molecule has 110 valence electrons. The van der Waals surface area contributed by atoms with Gasteiger partial charge in [0.15, 0.2) is 0 Å². The predicted octanol–water partition coefficient (Wildman–Crippen LogP) is 1.42. The summed E-state index contributed by atoms with van der Waals surface area (Å²) < 4.78 is 0. The number of likely N-dealkylation sites (tertiary alicyclic amines) is 1. The van der Waals surface area contributed by atoms with Crippen molar-refractivity contribution in [3.05, 3.63) is 11.8 Å². The summed E-state index contributed by atoms with van der Waals surface area (Å²) in [4.78, 5) is 25.9. The fourth-order valence-corrected chi connectivity index (χ4v) is 2.48. The number of anilines is 1. The molecular weight excluding hydrogens is 256 g/mol. The molecule has 0 radical (unpaired) electrons. The number of amides is 2. The molecule has 20 heavy (non-hydrogen) atoms. The molecule has 2 N–H and O–H groups in total. The minimum atomic E-state index is -0.269. The van der Waals surface area contributed by atoms with Crippen LogP contribution in [-0.4, -0.2) is 40.0 Å². The quantitative estimate of drug-likeness (QED) is 0.855. The number of nitrogens with one attached hydrogen (secondary N) is 2. The maximum absolute atomic E-state index is 12.2. The fraction of sp³-hybridized carbons (Fsp3) is 0.643. The average molecular weight is 278 g/mol. The maximum Gasteiger partial charge on any atom is 0.230 e. The SMILES string of the molecule is CCc1cn[nH]c1NC(=O)C1CC(=O)N(CC(C)C)C1. The van der Waals surface area contributed by atoms with Gasteiger partial charge in [-0.2, -0.15) is 5.10 Å². The highest BCUT2D eigenvalue weighted by atomic mass is 16.2. The highest BCUT2D eigenvalue weighted by molar-refractivity contribution is 5.97. The number of H-pyrrole nitrogens is 1. The van der Waals surface area contributed by atoms with E-state index >= 15 is 0 Å². The molecule has 1 aromatic heterocycles. The van der Waals surface area contributed by atoms with E-state index in [1.54, 1.807) is 11.1 Å². The molecule has 0 aliphatic carbocycles. The van der Waals surface area contributed by atoms with Crippen LogP contribution in [0.15, 0.2) is 6.20 Å². The molecule has 2 heterocycles. The van der Waals surface area contributed by atoms with Crippen LogP contribution in [0, 0.1) is 11.8 Å². The summed E-state index contributed by atoms with van der Waals surface area (Å²) in [6, 6.07) is 0. The molecule has 1 aromatic rings. The van der Waals surface area contributed by atoms with Gasteiger partial charge in [-0.3, -0.25) is 14.7 Å². The van der Waals surface area contributed by atoms with Gasteiger partial charge in [-0.15, -0.1) is 0 Å². The van der Waals surface area contributed by atoms with E-state index in [0.717, 1.165) is 12.0 Å². The molecule has 1 aliphatic heterocycles. The van der Waals surface area contributed by atoms with E-state index in [1.165, 1.54) is 0 Å². The van der Waals surface area contributed by atoms with Gasteiger partial charge in [-0.1, -0.05) is 20.8 Å². The van der Waals surface area contributed by atoms with Crippen LogP contribution in [-0.2, 0) is 16.0 Å². The molecule has 2 amide bonds. The van der Waals surface area contributed by atoms with E-state index in [2.05, 4.69) is 29.4 Å². The van der Waals surface area contributed by atoms with E-state index in [-0.39, 0.29) is 17.7 Å². The third-order valence-corrected chi connectivity index (χ3v) is 3.52. The van der Waals surface area contributed by atoms with Crippen LogP contribution in [0.4, 0.5) is 5.82 Å². The Labute approximate surface area is 118 Å². The third-order valence-electron chi connectivity index (χ3n) is 3.52. The first-order chi connectivity index (χ1) is 9.51. The second kappa shape index (κ2) is 6.07. The zero-order chi connectivity index (χ0) is 14.7. The summed E-state index contributed by atoms with van der Waals surface area (Å²) in [7, 11) is 0. The summed E-state index contributed by atoms with van der Waals surface area (Å²) in [5.41, 5.74) is 0.974. The van der Waals surface area contributed by atoms with Gasteiger partial charge < -0.3 is 10.2 Å². The van der Waals surface area contributed by atoms with Crippen LogP contribution < -0.4 is 5.32 Å². The van der Waals surface area contributed by atoms with Gasteiger partial charge in [0.05, 0.1) is 12.1 Å². The summed E-state index contributed by atoms with van der Waals surface area (Å²) >= 11 is 0. The number of aromatic amines is 1. The molecule has 1 unspecified atom stereocenters. The van der Waals surface area contributed by atoms with Crippen molar-refractivity contribution in [2.24, 2.45) is 11.8 Å². The Kier molecular flexibility index (Phi) is 4.42. The molecule has 1 atom stereocenters. The van der Waals surface area contributed by atoms with Crippen LogP contribution in [0.2, 0.25) is 0 Å². The van der Waals surface area contributed by atoms with Gasteiger partial charge in [-0.25, -0.2) is 0 Å². The van der Waals surface area contributed by atoms with Crippen LogP contribution in [0.3, 0.4) is 0 Å². The van der Waals surface area contributed by atoms with E-state index < -0.39 is 0 Å². The Morgan fingerprint density at radius 2 is 2.35 bits per heavy atom. The Morgan fingerprint density at radius 1 is 1.60 bits per heavy atom. The van der Waals surface area contributed by atoms with E-state index in [0.29, 0.717) is 31.2 Å². The molecule has 0 aromatic carbocycles. The molecule has 1 aliphatic rings. The topological polar surface area (TPSA) is 78.1 Å². The average Bonchev–Trinajstić information content (AvgIpc) is 2.96. The van der Waals surface area contributed by atoms with Crippen molar-refractivity contribution in [3.63, 3.8) is 0 Å². The molecule has 2 rings (SSSR count). The van der Waals surface area contributed by atoms with Crippen molar-refractivity contribution in [3.8, 4) is 0 Å².